The maximum absolute atomic E-state index is 5.65. The van der Waals surface area contributed by atoms with Crippen molar-refractivity contribution in [2.45, 2.75) is 46.0 Å². The van der Waals surface area contributed by atoms with Gasteiger partial charge in [0.25, 0.3) is 0 Å². The average molecular weight is 243 g/mol. The van der Waals surface area contributed by atoms with Crippen molar-refractivity contribution in [3.63, 3.8) is 0 Å². The maximum atomic E-state index is 5.65. The van der Waals surface area contributed by atoms with Crippen LogP contribution in [-0.4, -0.2) is 39.5 Å². The first-order valence-electron chi connectivity index (χ1n) is 7.19. The van der Waals surface area contributed by atoms with Crippen LogP contribution in [0.2, 0.25) is 0 Å². The molecular weight excluding hydrogens is 214 g/mol. The van der Waals surface area contributed by atoms with Crippen LogP contribution in [0.1, 0.15) is 46.0 Å². The minimum absolute atomic E-state index is 0.418. The summed E-state index contributed by atoms with van der Waals surface area (Å²) < 4.78 is 11.1. The molecule has 1 N–H and O–H groups in total. The Morgan fingerprint density at radius 1 is 1.12 bits per heavy atom. The summed E-state index contributed by atoms with van der Waals surface area (Å²) in [5, 5.41) is 3.58. The smallest absolute Gasteiger partial charge is 0.0471 e. The zero-order valence-electron chi connectivity index (χ0n) is 11.6. The van der Waals surface area contributed by atoms with Crippen LogP contribution < -0.4 is 5.32 Å². The fourth-order valence-corrected chi connectivity index (χ4v) is 2.38. The first kappa shape index (κ1) is 14.9. The van der Waals surface area contributed by atoms with Gasteiger partial charge in [0.15, 0.2) is 0 Å². The highest BCUT2D eigenvalue weighted by molar-refractivity contribution is 4.84. The Morgan fingerprint density at radius 3 is 2.53 bits per heavy atom. The van der Waals surface area contributed by atoms with E-state index >= 15 is 0 Å². The Bertz CT molecular complexity index is 179. The van der Waals surface area contributed by atoms with E-state index in [0.29, 0.717) is 5.41 Å². The number of nitrogens with one attached hydrogen (secondary N) is 1. The molecule has 1 heterocycles. The van der Waals surface area contributed by atoms with Crippen molar-refractivity contribution in [3.05, 3.63) is 0 Å². The summed E-state index contributed by atoms with van der Waals surface area (Å²) in [6.07, 6.45) is 5.86. The molecule has 0 aromatic rings. The fourth-order valence-electron chi connectivity index (χ4n) is 2.38. The first-order chi connectivity index (χ1) is 8.33. The third kappa shape index (κ3) is 5.84. The molecule has 1 aliphatic heterocycles. The normalized spacial score (nSPS) is 19.4. The highest BCUT2D eigenvalue weighted by Gasteiger charge is 2.31. The van der Waals surface area contributed by atoms with E-state index in [1.54, 1.807) is 0 Å². The average Bonchev–Trinajstić information content (AvgIpc) is 2.36. The standard InChI is InChI=1S/C14H29NO2/c1-3-8-15-13-14(5-10-16-9-4-2)6-11-17-12-7-14/h15H,3-13H2,1-2H3. The minimum atomic E-state index is 0.418. The van der Waals surface area contributed by atoms with E-state index in [1.165, 1.54) is 25.7 Å². The summed E-state index contributed by atoms with van der Waals surface area (Å²) in [5.41, 5.74) is 0.418. The molecule has 102 valence electrons. The van der Waals surface area contributed by atoms with Crippen molar-refractivity contribution >= 4 is 0 Å². The molecule has 0 aromatic heterocycles. The molecule has 0 radical (unpaired) electrons. The van der Waals surface area contributed by atoms with Gasteiger partial charge in [0, 0.05) is 33.0 Å². The topological polar surface area (TPSA) is 30.5 Å². The number of ether oxygens (including phenoxy) is 2. The van der Waals surface area contributed by atoms with Gasteiger partial charge in [0.2, 0.25) is 0 Å². The van der Waals surface area contributed by atoms with Crippen molar-refractivity contribution in [2.75, 3.05) is 39.5 Å². The van der Waals surface area contributed by atoms with Crippen LogP contribution in [0.5, 0.6) is 0 Å². The molecule has 1 rings (SSSR count). The molecule has 0 unspecified atom stereocenters. The third-order valence-corrected chi connectivity index (χ3v) is 3.61. The summed E-state index contributed by atoms with van der Waals surface area (Å²) in [6, 6.07) is 0. The van der Waals surface area contributed by atoms with Gasteiger partial charge < -0.3 is 14.8 Å². The molecule has 17 heavy (non-hydrogen) atoms. The second kappa shape index (κ2) is 8.90. The van der Waals surface area contributed by atoms with Crippen LogP contribution in [0.4, 0.5) is 0 Å². The number of hydrogen-bond acceptors (Lipinski definition) is 3. The van der Waals surface area contributed by atoms with E-state index in [2.05, 4.69) is 19.2 Å². The largest absolute Gasteiger partial charge is 0.381 e. The monoisotopic (exact) mass is 243 g/mol. The second-order valence-corrected chi connectivity index (χ2v) is 5.15. The van der Waals surface area contributed by atoms with Crippen LogP contribution in [-0.2, 0) is 9.47 Å². The molecule has 1 saturated heterocycles. The van der Waals surface area contributed by atoms with E-state index in [0.717, 1.165) is 45.9 Å². The van der Waals surface area contributed by atoms with Crippen LogP contribution in [0, 0.1) is 5.41 Å². The summed E-state index contributed by atoms with van der Waals surface area (Å²) in [5.74, 6) is 0. The zero-order valence-corrected chi connectivity index (χ0v) is 11.6. The van der Waals surface area contributed by atoms with Gasteiger partial charge in [-0.15, -0.1) is 0 Å². The molecule has 0 saturated carbocycles. The lowest BCUT2D eigenvalue weighted by Gasteiger charge is -2.37. The highest BCUT2D eigenvalue weighted by atomic mass is 16.5. The SMILES string of the molecule is CCCNCC1(CCOCCC)CCOCC1. The van der Waals surface area contributed by atoms with E-state index in [-0.39, 0.29) is 0 Å². The fraction of sp³-hybridized carbons (Fsp3) is 1.00. The zero-order chi connectivity index (χ0) is 12.4. The molecule has 0 amide bonds. The molecule has 1 fully saturated rings. The lowest BCUT2D eigenvalue weighted by atomic mass is 9.77. The third-order valence-electron chi connectivity index (χ3n) is 3.61. The quantitative estimate of drug-likeness (QED) is 0.631. The first-order valence-corrected chi connectivity index (χ1v) is 7.19. The van der Waals surface area contributed by atoms with E-state index in [1.807, 2.05) is 0 Å². The Balaban J connectivity index is 2.29. The van der Waals surface area contributed by atoms with Crippen molar-refractivity contribution in [2.24, 2.45) is 5.41 Å². The van der Waals surface area contributed by atoms with Crippen LogP contribution in [0.3, 0.4) is 0 Å². The van der Waals surface area contributed by atoms with Crippen molar-refractivity contribution in [1.82, 2.24) is 5.32 Å². The van der Waals surface area contributed by atoms with Crippen LogP contribution in [0.15, 0.2) is 0 Å². The van der Waals surface area contributed by atoms with Gasteiger partial charge in [-0.1, -0.05) is 13.8 Å². The lowest BCUT2D eigenvalue weighted by molar-refractivity contribution is -0.00604. The summed E-state index contributed by atoms with van der Waals surface area (Å²) in [7, 11) is 0. The maximum Gasteiger partial charge on any atom is 0.0471 e. The van der Waals surface area contributed by atoms with Gasteiger partial charge in [-0.25, -0.2) is 0 Å². The molecule has 1 aliphatic rings. The molecule has 0 aromatic carbocycles. The Morgan fingerprint density at radius 2 is 1.88 bits per heavy atom. The van der Waals surface area contributed by atoms with E-state index < -0.39 is 0 Å². The molecular formula is C14H29NO2. The summed E-state index contributed by atoms with van der Waals surface area (Å²) >= 11 is 0. The Hall–Kier alpha value is -0.120. The van der Waals surface area contributed by atoms with Crippen molar-refractivity contribution in [1.29, 1.82) is 0 Å². The lowest BCUT2D eigenvalue weighted by Crippen LogP contribution is -2.40. The molecule has 0 aliphatic carbocycles. The van der Waals surface area contributed by atoms with Gasteiger partial charge in [0.05, 0.1) is 0 Å². The van der Waals surface area contributed by atoms with Gasteiger partial charge in [-0.05, 0) is 44.1 Å². The second-order valence-electron chi connectivity index (χ2n) is 5.15. The Kier molecular flexibility index (Phi) is 7.82. The molecule has 3 nitrogen and oxygen atoms in total. The van der Waals surface area contributed by atoms with Gasteiger partial charge in [0.1, 0.15) is 0 Å². The van der Waals surface area contributed by atoms with E-state index in [9.17, 15) is 0 Å². The van der Waals surface area contributed by atoms with Gasteiger partial charge in [-0.3, -0.25) is 0 Å². The molecule has 0 bridgehead atoms. The van der Waals surface area contributed by atoms with Crippen molar-refractivity contribution in [3.8, 4) is 0 Å². The predicted molar refractivity (Wildman–Crippen MR) is 71.4 cm³/mol. The van der Waals surface area contributed by atoms with Gasteiger partial charge >= 0.3 is 0 Å². The van der Waals surface area contributed by atoms with Gasteiger partial charge in [-0.2, -0.15) is 0 Å². The number of hydrogen-bond donors (Lipinski definition) is 1. The summed E-state index contributed by atoms with van der Waals surface area (Å²) in [6.45, 7) is 10.3. The molecule has 0 spiro atoms. The number of rotatable bonds is 9. The summed E-state index contributed by atoms with van der Waals surface area (Å²) in [4.78, 5) is 0. The van der Waals surface area contributed by atoms with Crippen LogP contribution in [0.25, 0.3) is 0 Å². The minimum Gasteiger partial charge on any atom is -0.381 e. The molecule has 0 atom stereocenters. The highest BCUT2D eigenvalue weighted by Crippen LogP contribution is 2.33. The Labute approximate surface area is 106 Å². The molecule has 3 heteroatoms. The van der Waals surface area contributed by atoms with Crippen molar-refractivity contribution < 1.29 is 9.47 Å². The van der Waals surface area contributed by atoms with Crippen LogP contribution >= 0.6 is 0 Å². The predicted octanol–water partition coefficient (Wildman–Crippen LogP) is 2.60. The van der Waals surface area contributed by atoms with E-state index in [4.69, 9.17) is 9.47 Å².